The van der Waals surface area contributed by atoms with E-state index in [4.69, 9.17) is 14.5 Å². The molecule has 0 radical (unpaired) electrons. The Morgan fingerprint density at radius 3 is 1.70 bits per heavy atom. The van der Waals surface area contributed by atoms with E-state index in [1.807, 2.05) is 36.4 Å². The number of fused-ring (bicyclic) bond motifs is 6. The summed E-state index contributed by atoms with van der Waals surface area (Å²) in [5.41, 5.74) is 14.1. The van der Waals surface area contributed by atoms with Crippen LogP contribution in [0.5, 0.6) is 11.5 Å². The lowest BCUT2D eigenvalue weighted by Crippen LogP contribution is -2.24. The van der Waals surface area contributed by atoms with Crippen molar-refractivity contribution >= 4 is 40.9 Å². The molecular formula is C51H44N2O4. The van der Waals surface area contributed by atoms with Crippen molar-refractivity contribution in [3.63, 3.8) is 0 Å². The molecule has 1 spiro atoms. The molecule has 6 aromatic rings. The second-order valence-corrected chi connectivity index (χ2v) is 15.4. The molecule has 1 atom stereocenters. The zero-order valence-electron chi connectivity index (χ0n) is 31.9. The van der Waals surface area contributed by atoms with Crippen LogP contribution in [0.15, 0.2) is 146 Å². The number of esters is 1. The molecule has 2 aliphatic heterocycles. The van der Waals surface area contributed by atoms with Crippen LogP contribution < -0.4 is 19.4 Å². The fourth-order valence-electron chi connectivity index (χ4n) is 9.63. The number of ether oxygens (including phenoxy) is 1. The van der Waals surface area contributed by atoms with Gasteiger partial charge in [-0.15, -0.1) is 0 Å². The number of benzene rings is 6. The lowest BCUT2D eigenvalue weighted by Gasteiger charge is -2.29. The molecule has 10 rings (SSSR count). The molecule has 2 aliphatic carbocycles. The van der Waals surface area contributed by atoms with Crippen LogP contribution in [-0.4, -0.2) is 25.7 Å². The van der Waals surface area contributed by atoms with Gasteiger partial charge in [-0.1, -0.05) is 97.1 Å². The molecule has 282 valence electrons. The second kappa shape index (κ2) is 14.9. The third kappa shape index (κ3) is 6.60. The highest BCUT2D eigenvalue weighted by atomic mass is 17.2. The average Bonchev–Trinajstić information content (AvgIpc) is 4.06. The number of nitrogens with zero attached hydrogens (tertiary/aromatic N) is 2. The summed E-state index contributed by atoms with van der Waals surface area (Å²) in [5.74, 6) is 0.953. The number of rotatable bonds is 10. The SMILES string of the molecule is O=C(C=Cc1ccc(N2CCc3ccccc32)cc1)Oc1cccc2c1C1(CCc3cccc(OOCC=Cc4ccc(N5CCc6ccccc65)cc4)c31)CC2. The molecule has 6 aromatic carbocycles. The Hall–Kier alpha value is -6.37. The summed E-state index contributed by atoms with van der Waals surface area (Å²) < 4.78 is 6.15. The van der Waals surface area contributed by atoms with Crippen molar-refractivity contribution in [2.45, 2.75) is 43.9 Å². The van der Waals surface area contributed by atoms with Gasteiger partial charge in [-0.3, -0.25) is 0 Å². The third-order valence-corrected chi connectivity index (χ3v) is 12.3. The van der Waals surface area contributed by atoms with Crippen molar-refractivity contribution in [2.75, 3.05) is 29.5 Å². The first-order valence-electron chi connectivity index (χ1n) is 20.1. The fourth-order valence-corrected chi connectivity index (χ4v) is 9.63. The van der Waals surface area contributed by atoms with Gasteiger partial charge in [-0.05, 0) is 127 Å². The monoisotopic (exact) mass is 748 g/mol. The molecule has 0 aromatic heterocycles. The van der Waals surface area contributed by atoms with Crippen LogP contribution in [0.3, 0.4) is 0 Å². The summed E-state index contributed by atoms with van der Waals surface area (Å²) in [7, 11) is 0. The Kier molecular flexibility index (Phi) is 9.19. The first kappa shape index (κ1) is 35.1. The lowest BCUT2D eigenvalue weighted by atomic mass is 9.76. The van der Waals surface area contributed by atoms with Gasteiger partial charge >= 0.3 is 5.97 Å². The Balaban J connectivity index is 0.802. The van der Waals surface area contributed by atoms with E-state index in [9.17, 15) is 4.79 Å². The van der Waals surface area contributed by atoms with Crippen LogP contribution in [0, 0.1) is 0 Å². The summed E-state index contributed by atoms with van der Waals surface area (Å²) in [6, 6.07) is 46.5. The van der Waals surface area contributed by atoms with Crippen molar-refractivity contribution in [1.29, 1.82) is 0 Å². The van der Waals surface area contributed by atoms with Crippen LogP contribution in [-0.2, 0) is 40.8 Å². The maximum absolute atomic E-state index is 13.4. The van der Waals surface area contributed by atoms with E-state index >= 15 is 0 Å². The molecule has 0 saturated heterocycles. The minimum absolute atomic E-state index is 0.304. The normalized spacial score (nSPS) is 17.7. The zero-order valence-corrected chi connectivity index (χ0v) is 31.9. The molecule has 0 N–H and O–H groups in total. The Morgan fingerprint density at radius 2 is 1.09 bits per heavy atom. The summed E-state index contributed by atoms with van der Waals surface area (Å²) in [5, 5.41) is 0. The quantitative estimate of drug-likeness (QED) is 0.0347. The van der Waals surface area contributed by atoms with E-state index in [0.717, 1.165) is 85.3 Å². The van der Waals surface area contributed by atoms with Crippen LogP contribution in [0.4, 0.5) is 22.7 Å². The van der Waals surface area contributed by atoms with Crippen molar-refractivity contribution in [1.82, 2.24) is 0 Å². The van der Waals surface area contributed by atoms with Gasteiger partial charge in [0.1, 0.15) is 12.4 Å². The molecule has 0 saturated carbocycles. The topological polar surface area (TPSA) is 51.2 Å². The van der Waals surface area contributed by atoms with E-state index < -0.39 is 5.97 Å². The van der Waals surface area contributed by atoms with Gasteiger partial charge in [-0.25, -0.2) is 4.79 Å². The van der Waals surface area contributed by atoms with Crippen molar-refractivity contribution in [2.24, 2.45) is 0 Å². The summed E-state index contributed by atoms with van der Waals surface area (Å²) in [6.45, 7) is 2.28. The van der Waals surface area contributed by atoms with E-state index in [1.165, 1.54) is 45.4 Å². The summed E-state index contributed by atoms with van der Waals surface area (Å²) in [4.78, 5) is 30.0. The second-order valence-electron chi connectivity index (χ2n) is 15.4. The number of carbonyl (C=O) groups is 1. The highest BCUT2D eigenvalue weighted by Crippen LogP contribution is 2.57. The lowest BCUT2D eigenvalue weighted by molar-refractivity contribution is -0.196. The maximum Gasteiger partial charge on any atom is 0.336 e. The van der Waals surface area contributed by atoms with E-state index in [0.29, 0.717) is 12.4 Å². The maximum atomic E-state index is 13.4. The van der Waals surface area contributed by atoms with Gasteiger partial charge in [-0.2, -0.15) is 4.89 Å². The molecular weight excluding hydrogens is 705 g/mol. The van der Waals surface area contributed by atoms with E-state index in [1.54, 1.807) is 0 Å². The van der Waals surface area contributed by atoms with Crippen LogP contribution in [0.1, 0.15) is 57.3 Å². The molecule has 4 aliphatic rings. The van der Waals surface area contributed by atoms with E-state index in [2.05, 4.69) is 125 Å². The third-order valence-electron chi connectivity index (χ3n) is 12.3. The van der Waals surface area contributed by atoms with Crippen LogP contribution in [0.2, 0.25) is 0 Å². The van der Waals surface area contributed by atoms with Crippen LogP contribution in [0.25, 0.3) is 12.2 Å². The number of hydrogen-bond acceptors (Lipinski definition) is 6. The Bertz CT molecular complexity index is 2520. The molecule has 2 heterocycles. The van der Waals surface area contributed by atoms with Crippen molar-refractivity contribution in [3.8, 4) is 11.5 Å². The van der Waals surface area contributed by atoms with Gasteiger partial charge in [0.2, 0.25) is 0 Å². The first-order chi connectivity index (χ1) is 28.1. The number of para-hydroxylation sites is 2. The highest BCUT2D eigenvalue weighted by Gasteiger charge is 2.49. The Labute approximate surface area is 334 Å². The number of carbonyl (C=O) groups excluding carboxylic acids is 1. The molecule has 0 fully saturated rings. The standard InChI is InChI=1S/C51H44N2O4/c54-48(26-21-37-19-24-43(25-20-37)53-34-30-39-10-2-4-14-45(39)53)56-46-15-5-11-40-27-31-51(49(40)46)32-28-41-12-6-16-47(50(41)51)57-55-35-7-8-36-17-22-42(23-18-36)52-33-29-38-9-1-3-13-44(38)52/h1-26H,27-35H2. The minimum Gasteiger partial charge on any atom is -0.423 e. The number of anilines is 4. The van der Waals surface area contributed by atoms with E-state index in [-0.39, 0.29) is 5.41 Å². The minimum atomic E-state index is -0.392. The van der Waals surface area contributed by atoms with Gasteiger partial charge in [0.05, 0.1) is 0 Å². The predicted octanol–water partition coefficient (Wildman–Crippen LogP) is 10.9. The number of hydrogen-bond donors (Lipinski definition) is 0. The predicted molar refractivity (Wildman–Crippen MR) is 228 cm³/mol. The van der Waals surface area contributed by atoms with Crippen LogP contribution >= 0.6 is 0 Å². The van der Waals surface area contributed by atoms with Crippen molar-refractivity contribution < 1.29 is 19.3 Å². The van der Waals surface area contributed by atoms with Crippen molar-refractivity contribution in [3.05, 3.63) is 190 Å². The highest BCUT2D eigenvalue weighted by molar-refractivity contribution is 5.89. The first-order valence-corrected chi connectivity index (χ1v) is 20.1. The van der Waals surface area contributed by atoms with Gasteiger partial charge in [0.15, 0.2) is 5.75 Å². The number of aryl methyl sites for hydroxylation is 2. The molecule has 1 unspecified atom stereocenters. The molecule has 6 nitrogen and oxygen atoms in total. The fraction of sp³-hybridized carbons (Fsp3) is 0.196. The van der Waals surface area contributed by atoms with Gasteiger partial charge in [0.25, 0.3) is 0 Å². The Morgan fingerprint density at radius 1 is 0.561 bits per heavy atom. The molecule has 0 bridgehead atoms. The molecule has 6 heteroatoms. The average molecular weight is 749 g/mol. The summed E-state index contributed by atoms with van der Waals surface area (Å²) in [6.07, 6.45) is 13.2. The zero-order chi connectivity index (χ0) is 38.2. The largest absolute Gasteiger partial charge is 0.423 e. The van der Waals surface area contributed by atoms with Gasteiger partial charge in [0, 0.05) is 58.5 Å². The van der Waals surface area contributed by atoms with Gasteiger partial charge < -0.3 is 19.4 Å². The molecule has 57 heavy (non-hydrogen) atoms. The smallest absolute Gasteiger partial charge is 0.336 e. The molecule has 0 amide bonds. The summed E-state index contributed by atoms with van der Waals surface area (Å²) >= 11 is 0.